The Labute approximate surface area is 241 Å². The van der Waals surface area contributed by atoms with Gasteiger partial charge >= 0.3 is 0 Å². The number of sulfonamides is 1. The van der Waals surface area contributed by atoms with E-state index in [-0.39, 0.29) is 18.1 Å². The molecule has 0 bridgehead atoms. The third kappa shape index (κ3) is 5.81. The molecule has 3 fully saturated rings. The minimum atomic E-state index is -3.70. The van der Waals surface area contributed by atoms with Gasteiger partial charge < -0.3 is 25.1 Å². The van der Waals surface area contributed by atoms with Crippen molar-refractivity contribution in [3.8, 4) is 0 Å². The van der Waals surface area contributed by atoms with Crippen LogP contribution >= 0.6 is 0 Å². The molecule has 2 saturated heterocycles. The van der Waals surface area contributed by atoms with E-state index in [2.05, 4.69) is 19.8 Å². The first kappa shape index (κ1) is 28.0. The quantitative estimate of drug-likeness (QED) is 0.431. The van der Waals surface area contributed by atoms with Gasteiger partial charge in [-0.2, -0.15) is 0 Å². The smallest absolute Gasteiger partial charge is 0.274 e. The van der Waals surface area contributed by atoms with Crippen LogP contribution < -0.4 is 24.7 Å². The predicted molar refractivity (Wildman–Crippen MR) is 160 cm³/mol. The Balaban J connectivity index is 1.30. The number of hydrogen-bond donors (Lipinski definition) is 3. The summed E-state index contributed by atoms with van der Waals surface area (Å²) in [7, 11) is -1.71. The summed E-state index contributed by atoms with van der Waals surface area (Å²) < 4.78 is 42.0. The average Bonchev–Trinajstić information content (AvgIpc) is 3.41. The van der Waals surface area contributed by atoms with Crippen molar-refractivity contribution in [3.63, 3.8) is 0 Å². The highest BCUT2D eigenvalue weighted by molar-refractivity contribution is 7.92. The third-order valence-corrected chi connectivity index (χ3v) is 10.4. The van der Waals surface area contributed by atoms with E-state index in [1.54, 1.807) is 25.1 Å². The monoisotopic (exact) mass is 586 g/mol. The number of aliphatic hydroxyl groups is 1. The van der Waals surface area contributed by atoms with Gasteiger partial charge in [-0.3, -0.25) is 9.52 Å². The van der Waals surface area contributed by atoms with Gasteiger partial charge in [-0.15, -0.1) is 0 Å². The Morgan fingerprint density at radius 1 is 1.07 bits per heavy atom. The molecule has 1 aromatic heterocycles. The van der Waals surface area contributed by atoms with Crippen LogP contribution in [0.1, 0.15) is 55.1 Å². The van der Waals surface area contributed by atoms with E-state index < -0.39 is 28.1 Å². The molecule has 1 spiro atoms. The van der Waals surface area contributed by atoms with Crippen LogP contribution in [0.15, 0.2) is 24.3 Å². The van der Waals surface area contributed by atoms with Gasteiger partial charge in [-0.25, -0.2) is 17.8 Å². The average molecular weight is 587 g/mol. The van der Waals surface area contributed by atoms with E-state index >= 15 is 0 Å². The van der Waals surface area contributed by atoms with Crippen molar-refractivity contribution in [1.82, 2.24) is 4.98 Å². The molecule has 1 aliphatic carbocycles. The molecule has 10 nitrogen and oxygen atoms in total. The van der Waals surface area contributed by atoms with Gasteiger partial charge in [0.25, 0.3) is 5.91 Å². The topological polar surface area (TPSA) is 118 Å². The van der Waals surface area contributed by atoms with E-state index in [0.717, 1.165) is 55.8 Å². The van der Waals surface area contributed by atoms with Crippen LogP contribution in [0.5, 0.6) is 0 Å². The van der Waals surface area contributed by atoms with Gasteiger partial charge in [0, 0.05) is 39.6 Å². The zero-order valence-electron chi connectivity index (χ0n) is 23.7. The van der Waals surface area contributed by atoms with Crippen molar-refractivity contribution < 1.29 is 22.7 Å². The van der Waals surface area contributed by atoms with E-state index in [1.807, 2.05) is 18.0 Å². The number of anilines is 5. The number of carbonyl (C=O) groups is 1. The molecule has 2 aromatic rings. The summed E-state index contributed by atoms with van der Waals surface area (Å²) in [6, 6.07) is 6.90. The summed E-state index contributed by atoms with van der Waals surface area (Å²) in [5, 5.41) is 12.2. The SMILES string of the molecule is CN1CCc2cc(C(=O)Nc3ccc(NS(=O)(=O)CCO)cc3N3CCC4(CC3)CC4)nc(N3CCC(C)(F)C3)c21. The number of piperidine rings is 1. The molecule has 1 atom stereocenters. The number of alkyl halides is 1. The number of aliphatic hydroxyl groups excluding tert-OH is 1. The van der Waals surface area contributed by atoms with Crippen molar-refractivity contribution in [2.24, 2.45) is 5.41 Å². The molecule has 1 aromatic carbocycles. The van der Waals surface area contributed by atoms with Gasteiger partial charge in [0.1, 0.15) is 11.4 Å². The molecule has 1 unspecified atom stereocenters. The number of hydrogen-bond acceptors (Lipinski definition) is 8. The van der Waals surface area contributed by atoms with Crippen molar-refractivity contribution in [3.05, 3.63) is 35.5 Å². The highest BCUT2D eigenvalue weighted by Crippen LogP contribution is 2.54. The van der Waals surface area contributed by atoms with E-state index in [1.165, 1.54) is 12.8 Å². The van der Waals surface area contributed by atoms with Crippen LogP contribution in [0.2, 0.25) is 0 Å². The second kappa shape index (κ2) is 10.3. The normalized spacial score (nSPS) is 23.2. The molecule has 3 aliphatic heterocycles. The largest absolute Gasteiger partial charge is 0.395 e. The van der Waals surface area contributed by atoms with Crippen LogP contribution in [-0.2, 0) is 16.4 Å². The van der Waals surface area contributed by atoms with Crippen LogP contribution in [0.4, 0.5) is 33.0 Å². The van der Waals surface area contributed by atoms with Gasteiger partial charge in [-0.05, 0) is 74.3 Å². The van der Waals surface area contributed by atoms with Crippen molar-refractivity contribution in [1.29, 1.82) is 0 Å². The number of amides is 1. The Hall–Kier alpha value is -3.12. The number of carbonyl (C=O) groups excluding carboxylic acids is 1. The summed E-state index contributed by atoms with van der Waals surface area (Å²) in [6.45, 7) is 4.36. The zero-order chi connectivity index (χ0) is 29.0. The molecular weight excluding hydrogens is 547 g/mol. The minimum absolute atomic E-state index is 0.236. The third-order valence-electron chi connectivity index (χ3n) is 9.11. The Morgan fingerprint density at radius 3 is 2.46 bits per heavy atom. The van der Waals surface area contributed by atoms with Gasteiger partial charge in [-0.1, -0.05) is 0 Å². The second-order valence-corrected chi connectivity index (χ2v) is 14.3. The Morgan fingerprint density at radius 2 is 1.80 bits per heavy atom. The van der Waals surface area contributed by atoms with Gasteiger partial charge in [0.2, 0.25) is 10.0 Å². The molecule has 1 amide bonds. The molecule has 4 heterocycles. The fourth-order valence-electron chi connectivity index (χ4n) is 6.42. The van der Waals surface area contributed by atoms with Gasteiger partial charge in [0.05, 0.1) is 41.7 Å². The Bertz CT molecular complexity index is 1450. The Kier molecular flexibility index (Phi) is 7.04. The lowest BCUT2D eigenvalue weighted by Crippen LogP contribution is -2.35. The highest BCUT2D eigenvalue weighted by atomic mass is 32.2. The first-order chi connectivity index (χ1) is 19.5. The molecule has 6 rings (SSSR count). The standard InChI is InChI=1S/C29H39FN6O4S/c1-28(30)8-12-36(19-28)26-25-20(5-11-34(25)2)17-23(31-26)27(38)32-22-4-3-21(33-41(39,40)16-15-37)18-24(22)35-13-9-29(6-7-29)10-14-35/h3-4,17-18,33,37H,5-16,19H2,1-2H3,(H,32,38). The molecule has 3 N–H and O–H groups in total. The van der Waals surface area contributed by atoms with Crippen LogP contribution in [0.3, 0.4) is 0 Å². The second-order valence-electron chi connectivity index (χ2n) is 12.4. The number of likely N-dealkylation sites (N-methyl/N-ethyl adjacent to an activating group) is 1. The molecule has 41 heavy (non-hydrogen) atoms. The zero-order valence-corrected chi connectivity index (χ0v) is 24.6. The summed E-state index contributed by atoms with van der Waals surface area (Å²) >= 11 is 0. The predicted octanol–water partition coefficient (Wildman–Crippen LogP) is 3.38. The van der Waals surface area contributed by atoms with Gasteiger partial charge in [0.15, 0.2) is 5.82 Å². The first-order valence-electron chi connectivity index (χ1n) is 14.5. The van der Waals surface area contributed by atoms with Crippen molar-refractivity contribution in [2.45, 2.75) is 51.1 Å². The molecule has 1 saturated carbocycles. The van der Waals surface area contributed by atoms with E-state index in [4.69, 9.17) is 10.1 Å². The van der Waals surface area contributed by atoms with Crippen molar-refractivity contribution in [2.75, 3.05) is 76.9 Å². The number of aromatic nitrogens is 1. The summed E-state index contributed by atoms with van der Waals surface area (Å²) in [6.07, 6.45) is 5.84. The first-order valence-corrected chi connectivity index (χ1v) is 16.1. The lowest BCUT2D eigenvalue weighted by Gasteiger charge is -2.35. The number of halogens is 1. The molecule has 222 valence electrons. The number of fused-ring (bicyclic) bond motifs is 1. The van der Waals surface area contributed by atoms with E-state index in [9.17, 15) is 17.6 Å². The van der Waals surface area contributed by atoms with Crippen LogP contribution in [0.25, 0.3) is 0 Å². The summed E-state index contributed by atoms with van der Waals surface area (Å²) in [5.74, 6) is -0.113. The maximum absolute atomic E-state index is 14.8. The highest BCUT2D eigenvalue weighted by Gasteiger charge is 2.44. The fraction of sp³-hybridized carbons (Fsp3) is 0.586. The molecular formula is C29H39FN6O4S. The number of pyridine rings is 1. The van der Waals surface area contributed by atoms with Crippen LogP contribution in [-0.4, -0.2) is 82.2 Å². The van der Waals surface area contributed by atoms with Crippen molar-refractivity contribution >= 4 is 44.5 Å². The lowest BCUT2D eigenvalue weighted by molar-refractivity contribution is 0.102. The number of rotatable bonds is 8. The summed E-state index contributed by atoms with van der Waals surface area (Å²) in [5.41, 5.74) is 3.10. The van der Waals surface area contributed by atoms with E-state index in [0.29, 0.717) is 35.6 Å². The number of nitrogens with one attached hydrogen (secondary N) is 2. The number of benzene rings is 1. The minimum Gasteiger partial charge on any atom is -0.395 e. The maximum Gasteiger partial charge on any atom is 0.274 e. The molecule has 4 aliphatic rings. The molecule has 0 radical (unpaired) electrons. The lowest BCUT2D eigenvalue weighted by atomic mass is 9.93. The maximum atomic E-state index is 14.8. The van der Waals surface area contributed by atoms with Crippen LogP contribution in [0, 0.1) is 5.41 Å². The molecule has 12 heteroatoms. The summed E-state index contributed by atoms with van der Waals surface area (Å²) in [4.78, 5) is 24.7. The fourth-order valence-corrected chi connectivity index (χ4v) is 7.25. The number of nitrogens with zero attached hydrogens (tertiary/aromatic N) is 4.